The average Bonchev–Trinajstić information content (AvgIpc) is 2.99. The van der Waals surface area contributed by atoms with E-state index >= 15 is 0 Å². The lowest BCUT2D eigenvalue weighted by molar-refractivity contribution is -0.141. The molecule has 0 aliphatic heterocycles. The number of amides is 1. The van der Waals surface area contributed by atoms with Crippen molar-refractivity contribution in [3.63, 3.8) is 0 Å². The molecule has 0 fully saturated rings. The van der Waals surface area contributed by atoms with Gasteiger partial charge in [-0.15, -0.1) is 0 Å². The van der Waals surface area contributed by atoms with Crippen LogP contribution in [0, 0.1) is 6.92 Å². The van der Waals surface area contributed by atoms with Gasteiger partial charge in [0.1, 0.15) is 11.8 Å². The SMILES string of the molecule is CC[C@@H](C(=O)Nc1cc(C)on1)n1ccc(C(F)(F)F)n1. The molecule has 0 aliphatic carbocycles. The van der Waals surface area contributed by atoms with Gasteiger partial charge in [0.2, 0.25) is 5.91 Å². The van der Waals surface area contributed by atoms with Gasteiger partial charge >= 0.3 is 6.18 Å². The van der Waals surface area contributed by atoms with Crippen molar-refractivity contribution >= 4 is 11.7 Å². The van der Waals surface area contributed by atoms with Crippen molar-refractivity contribution in [3.8, 4) is 0 Å². The molecule has 0 bridgehead atoms. The minimum Gasteiger partial charge on any atom is -0.360 e. The summed E-state index contributed by atoms with van der Waals surface area (Å²) in [5.74, 6) is 0.207. The van der Waals surface area contributed by atoms with Crippen LogP contribution in [-0.4, -0.2) is 20.8 Å². The summed E-state index contributed by atoms with van der Waals surface area (Å²) in [5.41, 5.74) is -1.04. The smallest absolute Gasteiger partial charge is 0.360 e. The topological polar surface area (TPSA) is 73.0 Å². The van der Waals surface area contributed by atoms with Crippen LogP contribution < -0.4 is 5.32 Å². The second-order valence-corrected chi connectivity index (χ2v) is 4.41. The summed E-state index contributed by atoms with van der Waals surface area (Å²) in [6.07, 6.45) is -3.13. The molecule has 9 heteroatoms. The Kier molecular flexibility index (Phi) is 4.01. The molecule has 1 amide bonds. The van der Waals surface area contributed by atoms with Crippen molar-refractivity contribution in [3.05, 3.63) is 29.8 Å². The number of nitrogens with zero attached hydrogens (tertiary/aromatic N) is 3. The van der Waals surface area contributed by atoms with Gasteiger partial charge in [-0.25, -0.2) is 0 Å². The van der Waals surface area contributed by atoms with Crippen LogP contribution in [0.1, 0.15) is 30.8 Å². The molecule has 1 N–H and O–H groups in total. The summed E-state index contributed by atoms with van der Waals surface area (Å²) >= 11 is 0. The zero-order valence-corrected chi connectivity index (χ0v) is 11.3. The molecule has 0 spiro atoms. The normalized spacial score (nSPS) is 13.2. The fourth-order valence-electron chi connectivity index (χ4n) is 1.79. The number of alkyl halides is 3. The maximum Gasteiger partial charge on any atom is 0.435 e. The van der Waals surface area contributed by atoms with Crippen LogP contribution in [0.2, 0.25) is 0 Å². The van der Waals surface area contributed by atoms with Gasteiger partial charge in [0.05, 0.1) is 0 Å². The van der Waals surface area contributed by atoms with Gasteiger partial charge in [0, 0.05) is 12.3 Å². The summed E-state index contributed by atoms with van der Waals surface area (Å²) in [6.45, 7) is 3.33. The fraction of sp³-hybridized carbons (Fsp3) is 0.417. The van der Waals surface area contributed by atoms with E-state index in [4.69, 9.17) is 4.52 Å². The Morgan fingerprint density at radius 2 is 2.24 bits per heavy atom. The second kappa shape index (κ2) is 5.58. The van der Waals surface area contributed by atoms with E-state index in [-0.39, 0.29) is 12.2 Å². The van der Waals surface area contributed by atoms with Crippen molar-refractivity contribution in [1.82, 2.24) is 14.9 Å². The predicted octanol–water partition coefficient (Wildman–Crippen LogP) is 2.79. The summed E-state index contributed by atoms with van der Waals surface area (Å²) in [6, 6.07) is 1.48. The summed E-state index contributed by atoms with van der Waals surface area (Å²) < 4.78 is 43.4. The molecule has 114 valence electrons. The number of aromatic nitrogens is 3. The highest BCUT2D eigenvalue weighted by atomic mass is 19.4. The molecular formula is C12H13F3N4O2. The Bertz CT molecular complexity index is 632. The molecule has 6 nitrogen and oxygen atoms in total. The molecule has 2 heterocycles. The number of rotatable bonds is 4. The number of nitrogens with one attached hydrogen (secondary N) is 1. The van der Waals surface area contributed by atoms with Crippen LogP contribution in [0.4, 0.5) is 19.0 Å². The summed E-state index contributed by atoms with van der Waals surface area (Å²) in [4.78, 5) is 12.1. The molecule has 1 atom stereocenters. The van der Waals surface area contributed by atoms with Gasteiger partial charge in [-0.05, 0) is 19.4 Å². The molecule has 2 aromatic heterocycles. The molecule has 0 radical (unpaired) electrons. The third-order valence-electron chi connectivity index (χ3n) is 2.79. The lowest BCUT2D eigenvalue weighted by Crippen LogP contribution is -2.26. The molecule has 0 unspecified atom stereocenters. The average molecular weight is 302 g/mol. The summed E-state index contributed by atoms with van der Waals surface area (Å²) in [7, 11) is 0. The number of anilines is 1. The van der Waals surface area contributed by atoms with E-state index in [9.17, 15) is 18.0 Å². The Morgan fingerprint density at radius 1 is 1.52 bits per heavy atom. The minimum atomic E-state index is -4.54. The standard InChI is InChI=1S/C12H13F3N4O2/c1-3-8(11(20)16-10-6-7(2)21-18-10)19-5-4-9(17-19)12(13,14)15/h4-6,8H,3H2,1-2H3,(H,16,18,20)/t8-/m0/s1. The summed E-state index contributed by atoms with van der Waals surface area (Å²) in [5, 5.41) is 9.48. The van der Waals surface area contributed by atoms with Crippen molar-refractivity contribution < 1.29 is 22.5 Å². The number of aryl methyl sites for hydroxylation is 1. The van der Waals surface area contributed by atoms with Gasteiger partial charge < -0.3 is 9.84 Å². The molecule has 21 heavy (non-hydrogen) atoms. The molecule has 2 rings (SSSR count). The van der Waals surface area contributed by atoms with Gasteiger partial charge in [-0.2, -0.15) is 18.3 Å². The van der Waals surface area contributed by atoms with Crippen molar-refractivity contribution in [1.29, 1.82) is 0 Å². The van der Waals surface area contributed by atoms with E-state index in [0.717, 1.165) is 16.9 Å². The van der Waals surface area contributed by atoms with E-state index in [2.05, 4.69) is 15.6 Å². The third kappa shape index (κ3) is 3.41. The van der Waals surface area contributed by atoms with Gasteiger partial charge in [-0.1, -0.05) is 12.1 Å². The fourth-order valence-corrected chi connectivity index (χ4v) is 1.79. The zero-order chi connectivity index (χ0) is 15.6. The van der Waals surface area contributed by atoms with Crippen molar-refractivity contribution in [2.24, 2.45) is 0 Å². The monoisotopic (exact) mass is 302 g/mol. The lowest BCUT2D eigenvalue weighted by Gasteiger charge is -2.14. The van der Waals surface area contributed by atoms with Crippen LogP contribution in [0.25, 0.3) is 0 Å². The zero-order valence-electron chi connectivity index (χ0n) is 11.3. The maximum absolute atomic E-state index is 12.5. The van der Waals surface area contributed by atoms with Crippen molar-refractivity contribution in [2.75, 3.05) is 5.32 Å². The number of hydrogen-bond acceptors (Lipinski definition) is 4. The number of carbonyl (C=O) groups is 1. The van der Waals surface area contributed by atoms with Crippen molar-refractivity contribution in [2.45, 2.75) is 32.5 Å². The van der Waals surface area contributed by atoms with E-state index in [1.54, 1.807) is 13.8 Å². The maximum atomic E-state index is 12.5. The third-order valence-corrected chi connectivity index (χ3v) is 2.79. The largest absolute Gasteiger partial charge is 0.435 e. The van der Waals surface area contributed by atoms with E-state index in [0.29, 0.717) is 5.76 Å². The number of carbonyl (C=O) groups excluding carboxylic acids is 1. The Hall–Kier alpha value is -2.32. The molecule has 0 aliphatic rings. The van der Waals surface area contributed by atoms with Crippen LogP contribution >= 0.6 is 0 Å². The van der Waals surface area contributed by atoms with Crippen LogP contribution in [0.3, 0.4) is 0 Å². The van der Waals surface area contributed by atoms with E-state index < -0.39 is 23.8 Å². The first kappa shape index (κ1) is 15.1. The number of halogens is 3. The predicted molar refractivity (Wildman–Crippen MR) is 66.4 cm³/mol. The molecule has 0 saturated heterocycles. The number of hydrogen-bond donors (Lipinski definition) is 1. The lowest BCUT2D eigenvalue weighted by atomic mass is 10.2. The Balaban J connectivity index is 2.15. The highest BCUT2D eigenvalue weighted by Gasteiger charge is 2.34. The first-order chi connectivity index (χ1) is 9.81. The van der Waals surface area contributed by atoms with Gasteiger partial charge in [0.25, 0.3) is 0 Å². The highest BCUT2D eigenvalue weighted by Crippen LogP contribution is 2.28. The molecule has 2 aromatic rings. The van der Waals surface area contributed by atoms with Gasteiger partial charge in [0.15, 0.2) is 11.5 Å². The van der Waals surface area contributed by atoms with Crippen LogP contribution in [0.5, 0.6) is 0 Å². The first-order valence-corrected chi connectivity index (χ1v) is 6.17. The second-order valence-electron chi connectivity index (χ2n) is 4.41. The minimum absolute atomic E-state index is 0.208. The molecule has 0 saturated carbocycles. The molecule has 0 aromatic carbocycles. The Labute approximate surface area is 117 Å². The van der Waals surface area contributed by atoms with E-state index in [1.165, 1.54) is 6.07 Å². The van der Waals surface area contributed by atoms with Crippen LogP contribution in [-0.2, 0) is 11.0 Å². The Morgan fingerprint density at radius 3 is 2.71 bits per heavy atom. The molecular weight excluding hydrogens is 289 g/mol. The highest BCUT2D eigenvalue weighted by molar-refractivity contribution is 5.92. The van der Waals surface area contributed by atoms with E-state index in [1.807, 2.05) is 0 Å². The van der Waals surface area contributed by atoms with Gasteiger partial charge in [-0.3, -0.25) is 9.48 Å². The van der Waals surface area contributed by atoms with Crippen LogP contribution in [0.15, 0.2) is 22.9 Å². The first-order valence-electron chi connectivity index (χ1n) is 6.17. The quantitative estimate of drug-likeness (QED) is 0.942.